The molecule has 32 unspecified atom stereocenters. The summed E-state index contributed by atoms with van der Waals surface area (Å²) in [6, 6.07) is 0. The van der Waals surface area contributed by atoms with Gasteiger partial charge < -0.3 is 124 Å². The van der Waals surface area contributed by atoms with Crippen LogP contribution in [-0.4, -0.2) is 263 Å². The number of esters is 1. The van der Waals surface area contributed by atoms with Crippen LogP contribution in [0.15, 0.2) is 11.6 Å². The Hall–Kier alpha value is -1.75. The maximum absolute atomic E-state index is 15.2. The molecule has 4 saturated carbocycles. The lowest BCUT2D eigenvalue weighted by Crippen LogP contribution is -2.66. The summed E-state index contributed by atoms with van der Waals surface area (Å²) >= 11 is 0. The van der Waals surface area contributed by atoms with Crippen molar-refractivity contribution in [3.63, 3.8) is 0 Å². The van der Waals surface area contributed by atoms with Gasteiger partial charge in [0, 0.05) is 0 Å². The summed E-state index contributed by atoms with van der Waals surface area (Å²) in [5.41, 5.74) is -1.35. The molecule has 5 heterocycles. The first-order valence-electron chi connectivity index (χ1n) is 30.6. The molecule has 0 spiro atoms. The van der Waals surface area contributed by atoms with E-state index in [0.717, 1.165) is 25.7 Å². The molecule has 10 aliphatic rings. The van der Waals surface area contributed by atoms with Crippen LogP contribution < -0.4 is 0 Å². The molecule has 0 radical (unpaired) electrons. The van der Waals surface area contributed by atoms with Gasteiger partial charge in [0.1, 0.15) is 110 Å². The van der Waals surface area contributed by atoms with Crippen molar-refractivity contribution >= 4 is 5.97 Å². The molecule has 26 heteroatoms. The molecule has 0 aromatic heterocycles. The predicted molar refractivity (Wildman–Crippen MR) is 288 cm³/mol. The van der Waals surface area contributed by atoms with E-state index >= 15 is 4.79 Å². The molecule has 85 heavy (non-hydrogen) atoms. The largest absolute Gasteiger partial charge is 0.432 e. The Balaban J connectivity index is 0.861. The molecule has 0 aromatic rings. The number of allylic oxidation sites excluding steroid dienone is 2. The van der Waals surface area contributed by atoms with Crippen LogP contribution in [0.25, 0.3) is 0 Å². The van der Waals surface area contributed by atoms with Crippen LogP contribution in [0.4, 0.5) is 0 Å². The van der Waals surface area contributed by atoms with Crippen LogP contribution >= 0.6 is 0 Å². The van der Waals surface area contributed by atoms with Crippen LogP contribution in [0, 0.1) is 50.2 Å². The van der Waals surface area contributed by atoms with Gasteiger partial charge in [-0.25, -0.2) is 0 Å². The SMILES string of the molecule is CC1OC(OC2C(OC3CCC4(C)C(CCC5(C)C4CC=C4C6CC(C)(C)CCC6(C(=O)OC6OC(COC7OC(CO)C(O)C(O)C7O)C(O)C(O)C6O)CCC45C)C3(C)C)OCC(OC3OC(CO)C(O)C(O)C3O)C2O)C(O)C(O)C1O. The highest BCUT2D eigenvalue weighted by molar-refractivity contribution is 5.79. The number of aliphatic hydroxyl groups excluding tert-OH is 15. The van der Waals surface area contributed by atoms with Crippen molar-refractivity contribution in [1.82, 2.24) is 0 Å². The highest BCUT2D eigenvalue weighted by atomic mass is 16.8. The molecule has 10 rings (SSSR count). The summed E-state index contributed by atoms with van der Waals surface area (Å²) in [5.74, 6) is -0.567. The zero-order valence-electron chi connectivity index (χ0n) is 49.8. The van der Waals surface area contributed by atoms with Crippen molar-refractivity contribution in [2.45, 2.75) is 273 Å². The molecule has 5 saturated heterocycles. The number of hydrogen-bond acceptors (Lipinski definition) is 26. The lowest BCUT2D eigenvalue weighted by atomic mass is 9.33. The fourth-order valence-electron chi connectivity index (χ4n) is 17.5. The summed E-state index contributed by atoms with van der Waals surface area (Å²) in [5, 5.41) is 160. The van der Waals surface area contributed by atoms with E-state index in [9.17, 15) is 76.6 Å². The maximum Gasteiger partial charge on any atom is 0.315 e. The number of ether oxygens (including phenoxy) is 10. The van der Waals surface area contributed by atoms with Crippen molar-refractivity contribution in [2.75, 3.05) is 26.4 Å². The second-order valence-electron chi connectivity index (χ2n) is 28.7. The van der Waals surface area contributed by atoms with E-state index in [4.69, 9.17) is 47.4 Å². The molecule has 488 valence electrons. The zero-order chi connectivity index (χ0) is 62.0. The average molecular weight is 1220 g/mol. The van der Waals surface area contributed by atoms with E-state index in [2.05, 4.69) is 54.5 Å². The molecule has 26 nitrogen and oxygen atoms in total. The summed E-state index contributed by atoms with van der Waals surface area (Å²) in [6.07, 6.45) is -29.5. The van der Waals surface area contributed by atoms with Gasteiger partial charge in [0.25, 0.3) is 0 Å². The van der Waals surface area contributed by atoms with Gasteiger partial charge >= 0.3 is 5.97 Å². The van der Waals surface area contributed by atoms with Crippen molar-refractivity contribution in [1.29, 1.82) is 0 Å². The van der Waals surface area contributed by atoms with E-state index in [1.54, 1.807) is 0 Å². The van der Waals surface area contributed by atoms with Crippen LogP contribution in [-0.2, 0) is 52.2 Å². The Morgan fingerprint density at radius 3 is 1.74 bits per heavy atom. The van der Waals surface area contributed by atoms with E-state index in [1.807, 2.05) is 0 Å². The van der Waals surface area contributed by atoms with Crippen molar-refractivity contribution in [3.05, 3.63) is 11.6 Å². The third kappa shape index (κ3) is 11.2. The molecule has 32 atom stereocenters. The quantitative estimate of drug-likeness (QED) is 0.0513. The Labute approximate surface area is 494 Å². The molecular weight excluding hydrogens is 1120 g/mol. The fraction of sp³-hybridized carbons (Fsp3) is 0.949. The number of fused-ring (bicyclic) bond motifs is 7. The van der Waals surface area contributed by atoms with E-state index in [-0.39, 0.29) is 46.0 Å². The predicted octanol–water partition coefficient (Wildman–Crippen LogP) is -2.54. The molecule has 9 fully saturated rings. The van der Waals surface area contributed by atoms with Crippen molar-refractivity contribution in [3.8, 4) is 0 Å². The molecule has 15 N–H and O–H groups in total. The van der Waals surface area contributed by atoms with Gasteiger partial charge in [0.15, 0.2) is 25.2 Å². The van der Waals surface area contributed by atoms with Crippen LogP contribution in [0.2, 0.25) is 0 Å². The van der Waals surface area contributed by atoms with Gasteiger partial charge in [-0.2, -0.15) is 0 Å². The molecule has 0 bridgehead atoms. The van der Waals surface area contributed by atoms with E-state index in [1.165, 1.54) is 12.5 Å². The Kier molecular flexibility index (Phi) is 19.0. The molecule has 0 amide bonds. The summed E-state index contributed by atoms with van der Waals surface area (Å²) < 4.78 is 60.2. The highest BCUT2D eigenvalue weighted by Crippen LogP contribution is 2.76. The lowest BCUT2D eigenvalue weighted by molar-refractivity contribution is -0.380. The molecule has 5 aliphatic heterocycles. The first-order chi connectivity index (χ1) is 39.8. The fourth-order valence-corrected chi connectivity index (χ4v) is 17.5. The van der Waals surface area contributed by atoms with E-state index < -0.39 is 190 Å². The van der Waals surface area contributed by atoms with Gasteiger partial charge in [0.05, 0.1) is 44.1 Å². The number of rotatable bonds is 13. The number of carbonyl (C=O) groups is 1. The standard InChI is InChI=1S/C59H96O26/c1-24-34(62)39(67)44(72)49(78-24)84-47-38(66)30(82-50-45(73)41(69)36(64)28(21-61)80-50)23-77-52(47)83-33-12-13-56(6)31(55(33,4)5)11-14-58(8)32(56)10-9-25-26-19-54(2,3)15-17-59(26,18-16-57(25,58)7)53(75)85-51-46(74)42(70)37(65)29(81-51)22-76-48-43(71)40(68)35(63)27(20-60)79-48/h9,24,26-52,60-74H,10-23H2,1-8H3. The zero-order valence-corrected chi connectivity index (χ0v) is 49.8. The summed E-state index contributed by atoms with van der Waals surface area (Å²) in [7, 11) is 0. The highest BCUT2D eigenvalue weighted by Gasteiger charge is 2.70. The van der Waals surface area contributed by atoms with Gasteiger partial charge in [0.2, 0.25) is 6.29 Å². The Morgan fingerprint density at radius 2 is 1.11 bits per heavy atom. The Morgan fingerprint density at radius 1 is 0.553 bits per heavy atom. The van der Waals surface area contributed by atoms with Crippen LogP contribution in [0.5, 0.6) is 0 Å². The molecule has 5 aliphatic carbocycles. The molecule has 0 aromatic carbocycles. The van der Waals surface area contributed by atoms with Crippen molar-refractivity contribution in [2.24, 2.45) is 50.2 Å². The van der Waals surface area contributed by atoms with Crippen LogP contribution in [0.1, 0.15) is 120 Å². The maximum atomic E-state index is 15.2. The first-order valence-corrected chi connectivity index (χ1v) is 30.6. The average Bonchev–Trinajstić information content (AvgIpc) is 0.890. The second-order valence-corrected chi connectivity index (χ2v) is 28.7. The van der Waals surface area contributed by atoms with Gasteiger partial charge in [-0.3, -0.25) is 4.79 Å². The minimum atomic E-state index is -1.85. The first kappa shape index (κ1) is 66.2. The third-order valence-electron chi connectivity index (χ3n) is 23.1. The number of aliphatic hydroxyl groups is 15. The lowest BCUT2D eigenvalue weighted by Gasteiger charge is -2.71. The second kappa shape index (κ2) is 24.4. The monoisotopic (exact) mass is 1220 g/mol. The number of hydrogen-bond donors (Lipinski definition) is 15. The number of carbonyl (C=O) groups excluding carboxylic acids is 1. The van der Waals surface area contributed by atoms with Gasteiger partial charge in [-0.15, -0.1) is 0 Å². The minimum Gasteiger partial charge on any atom is -0.432 e. The van der Waals surface area contributed by atoms with E-state index in [0.29, 0.717) is 38.5 Å². The Bertz CT molecular complexity index is 2360. The normalized spacial score (nSPS) is 54.1. The van der Waals surface area contributed by atoms with Gasteiger partial charge in [-0.1, -0.05) is 60.1 Å². The third-order valence-corrected chi connectivity index (χ3v) is 23.1. The van der Waals surface area contributed by atoms with Crippen LogP contribution in [0.3, 0.4) is 0 Å². The van der Waals surface area contributed by atoms with Gasteiger partial charge in [-0.05, 0) is 116 Å². The summed E-state index contributed by atoms with van der Waals surface area (Å²) in [6.45, 7) is 15.0. The van der Waals surface area contributed by atoms with Crippen molar-refractivity contribution < 1.29 is 129 Å². The molecular formula is C59H96O26. The summed E-state index contributed by atoms with van der Waals surface area (Å²) in [4.78, 5) is 15.2. The smallest absolute Gasteiger partial charge is 0.315 e. The topological polar surface area (TPSA) is 413 Å². The minimum absolute atomic E-state index is 0.0972.